The molecule has 4 atom stereocenters. The zero-order chi connectivity index (χ0) is 18.9. The summed E-state index contributed by atoms with van der Waals surface area (Å²) in [6.07, 6.45) is 16.7. The number of amides is 1. The van der Waals surface area contributed by atoms with Crippen LogP contribution in [0.3, 0.4) is 0 Å². The topological polar surface area (TPSA) is 29.1 Å². The van der Waals surface area contributed by atoms with Crippen LogP contribution in [0.1, 0.15) is 65.7 Å². The van der Waals surface area contributed by atoms with Gasteiger partial charge in [-0.05, 0) is 61.5 Å². The summed E-state index contributed by atoms with van der Waals surface area (Å²) in [5, 5.41) is 3.26. The van der Waals surface area contributed by atoms with Crippen molar-refractivity contribution in [3.05, 3.63) is 42.2 Å². The van der Waals surface area contributed by atoms with Gasteiger partial charge in [0.1, 0.15) is 0 Å². The second kappa shape index (κ2) is 10.6. The normalized spacial score (nSPS) is 30.4. The first-order valence-electron chi connectivity index (χ1n) is 10.5. The van der Waals surface area contributed by atoms with Gasteiger partial charge in [-0.3, -0.25) is 4.79 Å². The fraction of sp³-hybridized carbons (Fsp3) is 0.667. The van der Waals surface area contributed by atoms with E-state index in [0.29, 0.717) is 23.7 Å². The molecule has 0 aromatic carbocycles. The molecule has 0 radical (unpaired) electrons. The predicted octanol–water partition coefficient (Wildman–Crippen LogP) is 5.82. The fourth-order valence-electron chi connectivity index (χ4n) is 4.29. The van der Waals surface area contributed by atoms with Crippen LogP contribution < -0.4 is 5.32 Å². The third-order valence-electron chi connectivity index (χ3n) is 6.39. The van der Waals surface area contributed by atoms with E-state index in [1.54, 1.807) is 0 Å². The number of allylic oxidation sites excluding steroid dienone is 4. The van der Waals surface area contributed by atoms with Gasteiger partial charge in [-0.2, -0.15) is 0 Å². The van der Waals surface area contributed by atoms with Crippen LogP contribution in [0.4, 0.5) is 0 Å². The first kappa shape index (κ1) is 20.8. The Hall–Kier alpha value is -1.53. The average molecular weight is 356 g/mol. The van der Waals surface area contributed by atoms with Crippen molar-refractivity contribution in [3.63, 3.8) is 0 Å². The van der Waals surface area contributed by atoms with Gasteiger partial charge < -0.3 is 5.32 Å². The third-order valence-corrected chi connectivity index (χ3v) is 6.39. The van der Waals surface area contributed by atoms with Crippen molar-refractivity contribution in [1.29, 1.82) is 0 Å². The van der Waals surface area contributed by atoms with Crippen LogP contribution >= 0.6 is 0 Å². The van der Waals surface area contributed by atoms with Crippen molar-refractivity contribution in [2.75, 3.05) is 6.54 Å². The van der Waals surface area contributed by atoms with Gasteiger partial charge in [0, 0.05) is 12.5 Å². The molecule has 1 fully saturated rings. The van der Waals surface area contributed by atoms with Crippen LogP contribution in [0, 0.1) is 29.6 Å². The summed E-state index contributed by atoms with van der Waals surface area (Å²) < 4.78 is 0. The van der Waals surface area contributed by atoms with Crippen LogP contribution in [0.25, 0.3) is 0 Å². The predicted molar refractivity (Wildman–Crippen MR) is 111 cm³/mol. The Morgan fingerprint density at radius 3 is 2.77 bits per heavy atom. The summed E-state index contributed by atoms with van der Waals surface area (Å²) >= 11 is 0. The summed E-state index contributed by atoms with van der Waals surface area (Å²) in [6.45, 7) is 11.7. The lowest BCUT2D eigenvalue weighted by Crippen LogP contribution is -2.38. The molecule has 2 aliphatic rings. The van der Waals surface area contributed by atoms with Crippen molar-refractivity contribution < 1.29 is 4.79 Å². The number of rotatable bonds is 4. The van der Waals surface area contributed by atoms with Crippen molar-refractivity contribution in [3.8, 4) is 0 Å². The van der Waals surface area contributed by atoms with Crippen LogP contribution in [0.2, 0.25) is 0 Å². The molecule has 0 spiro atoms. The Balaban J connectivity index is 1.95. The largest absolute Gasteiger partial charge is 0.356 e. The maximum atomic E-state index is 12.7. The summed E-state index contributed by atoms with van der Waals surface area (Å²) in [4.78, 5) is 12.7. The molecule has 0 aliphatic heterocycles. The van der Waals surface area contributed by atoms with Gasteiger partial charge in [-0.25, -0.2) is 0 Å². The van der Waals surface area contributed by atoms with E-state index in [0.717, 1.165) is 19.4 Å². The molecule has 1 amide bonds. The Morgan fingerprint density at radius 2 is 2.04 bits per heavy atom. The van der Waals surface area contributed by atoms with E-state index in [1.165, 1.54) is 37.7 Å². The molecule has 2 nitrogen and oxygen atoms in total. The van der Waals surface area contributed by atoms with E-state index in [4.69, 9.17) is 0 Å². The quantitative estimate of drug-likeness (QED) is 0.499. The molecule has 0 aromatic rings. The molecular weight excluding hydrogens is 318 g/mol. The molecule has 1 N–H and O–H groups in total. The standard InChI is InChI=1S/C24H37NO/c1-18-12-8-5-6-9-15-23(20(3)19(2)16-18)17-25-24(26)21(4)22-13-10-7-11-14-22/h5-6,9,12,18,20-23H,2,7,10-11,13-17H2,1,3-4H3,(H,25,26)/b9-6-/t8?,18?,20?,21-,23?/m0/s1. The number of carbonyl (C=O) groups excluding carboxylic acids is 1. The second-order valence-corrected chi connectivity index (χ2v) is 8.48. The van der Waals surface area contributed by atoms with E-state index in [2.05, 4.69) is 56.6 Å². The molecule has 2 heteroatoms. The summed E-state index contributed by atoms with van der Waals surface area (Å²) in [7, 11) is 0. The van der Waals surface area contributed by atoms with Gasteiger partial charge in [0.2, 0.25) is 5.91 Å². The molecule has 0 aromatic heterocycles. The van der Waals surface area contributed by atoms with Crippen LogP contribution in [0.15, 0.2) is 42.2 Å². The van der Waals surface area contributed by atoms with Gasteiger partial charge in [-0.1, -0.05) is 64.3 Å². The molecular formula is C24H37NO. The highest BCUT2D eigenvalue weighted by molar-refractivity contribution is 5.78. The third kappa shape index (κ3) is 6.32. The fourth-order valence-corrected chi connectivity index (χ4v) is 4.29. The summed E-state index contributed by atoms with van der Waals surface area (Å²) in [5.41, 5.74) is 4.52. The van der Waals surface area contributed by atoms with E-state index in [9.17, 15) is 4.79 Å². The van der Waals surface area contributed by atoms with E-state index >= 15 is 0 Å². The first-order chi connectivity index (χ1) is 12.5. The minimum atomic E-state index is 0.138. The highest BCUT2D eigenvalue weighted by Crippen LogP contribution is 2.31. The highest BCUT2D eigenvalue weighted by atomic mass is 16.1. The summed E-state index contributed by atoms with van der Waals surface area (Å²) in [6, 6.07) is 0. The zero-order valence-corrected chi connectivity index (χ0v) is 17.0. The van der Waals surface area contributed by atoms with Gasteiger partial charge in [0.05, 0.1) is 0 Å². The minimum absolute atomic E-state index is 0.138. The zero-order valence-electron chi connectivity index (χ0n) is 17.0. The average Bonchev–Trinajstić information content (AvgIpc) is 2.67. The molecule has 2 aliphatic carbocycles. The molecule has 0 bridgehead atoms. The number of hydrogen-bond donors (Lipinski definition) is 1. The molecule has 26 heavy (non-hydrogen) atoms. The number of hydrogen-bond acceptors (Lipinski definition) is 1. The van der Waals surface area contributed by atoms with Gasteiger partial charge in [0.25, 0.3) is 0 Å². The SMILES string of the molecule is C=C1CC(C)C=C=C/C=C\CC(CNC(=O)[C@@H](C)C2CCCCC2)C1C. The monoisotopic (exact) mass is 355 g/mol. The second-order valence-electron chi connectivity index (χ2n) is 8.48. The van der Waals surface area contributed by atoms with Crippen molar-refractivity contribution in [2.24, 2.45) is 29.6 Å². The lowest BCUT2D eigenvalue weighted by atomic mass is 9.80. The van der Waals surface area contributed by atoms with E-state index in [-0.39, 0.29) is 11.8 Å². The van der Waals surface area contributed by atoms with Crippen LogP contribution in [-0.2, 0) is 4.79 Å². The van der Waals surface area contributed by atoms with Crippen molar-refractivity contribution in [1.82, 2.24) is 5.32 Å². The van der Waals surface area contributed by atoms with Crippen LogP contribution in [0.5, 0.6) is 0 Å². The van der Waals surface area contributed by atoms with Crippen molar-refractivity contribution >= 4 is 5.91 Å². The molecule has 144 valence electrons. The van der Waals surface area contributed by atoms with Crippen molar-refractivity contribution in [2.45, 2.75) is 65.7 Å². The number of nitrogens with one attached hydrogen (secondary N) is 1. The van der Waals surface area contributed by atoms with Gasteiger partial charge in [-0.15, -0.1) is 5.73 Å². The smallest absolute Gasteiger partial charge is 0.223 e. The number of carbonyl (C=O) groups is 1. The Bertz CT molecular complexity index is 561. The van der Waals surface area contributed by atoms with Gasteiger partial charge in [0.15, 0.2) is 0 Å². The Morgan fingerprint density at radius 1 is 1.31 bits per heavy atom. The Kier molecular flexibility index (Phi) is 8.45. The molecule has 0 saturated heterocycles. The Labute approximate surface area is 160 Å². The minimum Gasteiger partial charge on any atom is -0.356 e. The van der Waals surface area contributed by atoms with Gasteiger partial charge >= 0.3 is 0 Å². The van der Waals surface area contributed by atoms with E-state index < -0.39 is 0 Å². The molecule has 0 heterocycles. The maximum absolute atomic E-state index is 12.7. The summed E-state index contributed by atoms with van der Waals surface area (Å²) in [5.74, 6) is 2.20. The van der Waals surface area contributed by atoms with Crippen LogP contribution in [-0.4, -0.2) is 12.5 Å². The first-order valence-corrected chi connectivity index (χ1v) is 10.5. The lowest BCUT2D eigenvalue weighted by Gasteiger charge is -2.29. The maximum Gasteiger partial charge on any atom is 0.223 e. The molecule has 1 saturated carbocycles. The lowest BCUT2D eigenvalue weighted by molar-refractivity contribution is -0.126. The highest BCUT2D eigenvalue weighted by Gasteiger charge is 2.27. The molecule has 2 rings (SSSR count). The van der Waals surface area contributed by atoms with E-state index in [1.807, 2.05) is 6.08 Å². The molecule has 3 unspecified atom stereocenters.